The molecule has 2 rings (SSSR count). The first-order valence-corrected chi connectivity index (χ1v) is 25.0. The molecule has 0 saturated carbocycles. The molecule has 0 heterocycles. The van der Waals surface area contributed by atoms with Crippen LogP contribution < -0.4 is 37.7 Å². The minimum absolute atomic E-state index is 0. The van der Waals surface area contributed by atoms with E-state index < -0.39 is 30.9 Å². The van der Waals surface area contributed by atoms with Gasteiger partial charge in [-0.1, -0.05) is 123 Å². The third-order valence-corrected chi connectivity index (χ3v) is 16.1. The molecule has 0 nitrogen and oxygen atoms in total. The van der Waals surface area contributed by atoms with Gasteiger partial charge < -0.3 is 23.6 Å². The molecule has 0 fully saturated rings. The number of benzene rings is 2. The monoisotopic (exact) mass is 638 g/mol. The first kappa shape index (κ1) is 38.9. The topological polar surface area (TPSA) is 0 Å². The molecular weight excluding hydrogens is 600 g/mol. The van der Waals surface area contributed by atoms with E-state index in [1.807, 2.05) is 0 Å². The van der Waals surface area contributed by atoms with Gasteiger partial charge in [-0.2, -0.15) is 22.2 Å². The number of hydrogen-bond donors (Lipinski definition) is 0. The van der Waals surface area contributed by atoms with Crippen molar-refractivity contribution in [3.05, 3.63) is 86.2 Å². The van der Waals surface area contributed by atoms with Gasteiger partial charge in [0.05, 0.1) is 0 Å². The molecule has 8 heteroatoms. The van der Waals surface area contributed by atoms with Crippen molar-refractivity contribution in [1.29, 1.82) is 0 Å². The Morgan fingerprint density at radius 3 is 0.882 bits per heavy atom. The zero-order valence-corrected chi connectivity index (χ0v) is 30.8. The molecule has 0 bridgehead atoms. The van der Waals surface area contributed by atoms with Crippen LogP contribution in [0.3, 0.4) is 0 Å². The van der Waals surface area contributed by atoms with Gasteiger partial charge in [0, 0.05) is 0 Å². The van der Waals surface area contributed by atoms with Crippen LogP contribution in [-0.4, -0.2) is 54.0 Å². The molecule has 2 aromatic rings. The molecule has 0 aromatic heterocycles. The summed E-state index contributed by atoms with van der Waals surface area (Å²) >= 11 is 12.7. The number of halogens is 3. The predicted octanol–water partition coefficient (Wildman–Crippen LogP) is 3.18. The average Bonchev–Trinajstić information content (AvgIpc) is 2.74. The van der Waals surface area contributed by atoms with Crippen LogP contribution in [0.15, 0.2) is 79.7 Å². The molecule has 0 saturated heterocycles. The van der Waals surface area contributed by atoms with E-state index in [0.717, 1.165) is 0 Å². The Hall–Kier alpha value is 0.354. The van der Waals surface area contributed by atoms with E-state index in [1.54, 1.807) is 0 Å². The number of hydrogen-bond acceptors (Lipinski definition) is 0. The smallest absolute Gasteiger partial charge is 1.00 e. The Morgan fingerprint density at radius 1 is 0.559 bits per heavy atom. The Labute approximate surface area is 250 Å². The third kappa shape index (κ3) is 12.5. The molecule has 2 aromatic carbocycles. The van der Waals surface area contributed by atoms with E-state index in [9.17, 15) is 0 Å². The van der Waals surface area contributed by atoms with Crippen molar-refractivity contribution in [2.24, 2.45) is 0 Å². The van der Waals surface area contributed by atoms with Crippen molar-refractivity contribution in [2.75, 3.05) is 0 Å². The summed E-state index contributed by atoms with van der Waals surface area (Å²) in [5.74, 6) is 0. The minimum atomic E-state index is -1.67. The molecule has 0 aliphatic rings. The normalized spacial score (nSPS) is 11.2. The van der Waals surface area contributed by atoms with Crippen molar-refractivity contribution in [3.8, 4) is 0 Å². The van der Waals surface area contributed by atoms with E-state index in [4.69, 9.17) is 22.2 Å². The Bertz CT molecular complexity index is 798. The van der Waals surface area contributed by atoms with E-state index in [0.29, 0.717) is 0 Å². The fourth-order valence-electron chi connectivity index (χ4n) is 2.83. The first-order valence-electron chi connectivity index (χ1n) is 10.8. The molecule has 0 unspecified atom stereocenters. The summed E-state index contributed by atoms with van der Waals surface area (Å²) in [5, 5.41) is 5.47. The maximum Gasteiger partial charge on any atom is 2.00 e. The molecule has 34 heavy (non-hydrogen) atoms. The second-order valence-corrected chi connectivity index (χ2v) is 31.5. The molecular formula is C26H41BrCl2MgSi4. The molecule has 0 spiro atoms. The van der Waals surface area contributed by atoms with Crippen molar-refractivity contribution in [1.82, 2.24) is 0 Å². The van der Waals surface area contributed by atoms with Crippen LogP contribution in [-0.2, 0) is 0 Å². The summed E-state index contributed by atoms with van der Waals surface area (Å²) < 4.78 is 0. The molecule has 184 valence electrons. The molecule has 0 amide bonds. The average molecular weight is 641 g/mol. The Kier molecular flexibility index (Phi) is 18.6. The van der Waals surface area contributed by atoms with Gasteiger partial charge in [-0.15, -0.1) is 13.2 Å². The fourth-order valence-corrected chi connectivity index (χ4v) is 8.03. The van der Waals surface area contributed by atoms with Gasteiger partial charge in [0.15, 0.2) is 14.8 Å². The van der Waals surface area contributed by atoms with Gasteiger partial charge in [0.25, 0.3) is 0 Å². The summed E-state index contributed by atoms with van der Waals surface area (Å²) in [6.07, 6.45) is 0. The van der Waals surface area contributed by atoms with Crippen molar-refractivity contribution in [3.63, 3.8) is 0 Å². The number of rotatable bonds is 6. The molecule has 0 aliphatic carbocycles. The van der Waals surface area contributed by atoms with E-state index in [-0.39, 0.29) is 40.0 Å². The quantitative estimate of drug-likeness (QED) is 0.259. The standard InChI is InChI=1S/C14H22Si2.C10H16Cl2Si2.C2H3.BrH.Mg/c1-7-15(3,4)13-9-11-14(12-10-13)16(5,6)8-2;1-13(2,11)9-5-7-10(8-6-9)14(3,4)12;1-2;;/h7-12H,1-2H2,3-6H3;5-8H,1-4H3;1H,2H2;1H;/q;;-1;;+2/p-1. The first-order chi connectivity index (χ1) is 14.5. The molecule has 0 N–H and O–H groups in total. The van der Waals surface area contributed by atoms with Crippen LogP contribution >= 0.6 is 22.2 Å². The zero-order chi connectivity index (χ0) is 25.4. The van der Waals surface area contributed by atoms with Crippen LogP contribution in [0.2, 0.25) is 52.4 Å². The molecule has 0 atom stereocenters. The third-order valence-electron chi connectivity index (χ3n) is 5.65. The van der Waals surface area contributed by atoms with Gasteiger partial charge in [-0.3, -0.25) is 6.58 Å². The van der Waals surface area contributed by atoms with Crippen molar-refractivity contribution >= 4 is 96.9 Å². The second kappa shape index (κ2) is 16.2. The van der Waals surface area contributed by atoms with Crippen LogP contribution in [0, 0.1) is 6.58 Å². The molecule has 0 radical (unpaired) electrons. The maximum atomic E-state index is 6.34. The SMILES string of the molecule is C=C[Si](C)(C)c1ccc([Si](C)(C)C=C)cc1.C[Si](C)(Cl)c1ccc([Si](C)(C)Cl)cc1.[Br-].[CH-]=C.[Mg+2]. The maximum absolute atomic E-state index is 6.34. The van der Waals surface area contributed by atoms with Crippen LogP contribution in [0.25, 0.3) is 0 Å². The largest absolute Gasteiger partial charge is 2.00 e. The summed E-state index contributed by atoms with van der Waals surface area (Å²) in [6, 6.07) is 17.6. The van der Waals surface area contributed by atoms with Crippen molar-refractivity contribution < 1.29 is 17.0 Å². The van der Waals surface area contributed by atoms with Gasteiger partial charge in [0.2, 0.25) is 0 Å². The van der Waals surface area contributed by atoms with Crippen LogP contribution in [0.4, 0.5) is 0 Å². The Morgan fingerprint density at radius 2 is 0.735 bits per heavy atom. The van der Waals surface area contributed by atoms with E-state index in [2.05, 4.69) is 139 Å². The molecule has 0 aliphatic heterocycles. The van der Waals surface area contributed by atoms with E-state index >= 15 is 0 Å². The fraction of sp³-hybridized carbons (Fsp3) is 0.308. The second-order valence-electron chi connectivity index (χ2n) is 9.95. The summed E-state index contributed by atoms with van der Waals surface area (Å²) in [4.78, 5) is 0. The van der Waals surface area contributed by atoms with Gasteiger partial charge >= 0.3 is 23.1 Å². The summed E-state index contributed by atoms with van der Waals surface area (Å²) in [7, 11) is -6.13. The minimum Gasteiger partial charge on any atom is -1.00 e. The zero-order valence-electron chi connectivity index (χ0n) is 22.3. The van der Waals surface area contributed by atoms with Crippen LogP contribution in [0.1, 0.15) is 0 Å². The predicted molar refractivity (Wildman–Crippen MR) is 169 cm³/mol. The Balaban J connectivity index is -0.000000502. The van der Waals surface area contributed by atoms with Gasteiger partial charge in [-0.25, -0.2) is 0 Å². The van der Waals surface area contributed by atoms with E-state index in [1.165, 1.54) is 20.7 Å². The summed E-state index contributed by atoms with van der Waals surface area (Å²) in [6.45, 7) is 32.7. The van der Waals surface area contributed by atoms with Gasteiger partial charge in [-0.05, 0) is 10.4 Å². The van der Waals surface area contributed by atoms with Crippen molar-refractivity contribution in [2.45, 2.75) is 52.4 Å². The van der Waals surface area contributed by atoms with Gasteiger partial charge in [0.1, 0.15) is 16.1 Å². The van der Waals surface area contributed by atoms with Crippen LogP contribution in [0.5, 0.6) is 0 Å². The summed E-state index contributed by atoms with van der Waals surface area (Å²) in [5.41, 5.74) is 4.27.